The van der Waals surface area contributed by atoms with Crippen LogP contribution in [0.2, 0.25) is 0 Å². The van der Waals surface area contributed by atoms with Gasteiger partial charge in [-0.15, -0.1) is 0 Å². The van der Waals surface area contributed by atoms with Gasteiger partial charge in [0.05, 0.1) is 11.8 Å². The summed E-state index contributed by atoms with van der Waals surface area (Å²) >= 11 is 0. The van der Waals surface area contributed by atoms with Crippen LogP contribution < -0.4 is 10.3 Å². The van der Waals surface area contributed by atoms with Crippen molar-refractivity contribution in [3.05, 3.63) is 42.5 Å². The first-order valence-corrected chi connectivity index (χ1v) is 6.74. The summed E-state index contributed by atoms with van der Waals surface area (Å²) in [7, 11) is 1.93. The van der Waals surface area contributed by atoms with E-state index in [0.29, 0.717) is 5.56 Å². The number of hydrogen-bond donors (Lipinski definition) is 2. The molecule has 112 valence electrons. The number of oxime groups is 1. The van der Waals surface area contributed by atoms with Crippen molar-refractivity contribution < 1.29 is 14.6 Å². The van der Waals surface area contributed by atoms with Crippen molar-refractivity contribution >= 4 is 12.1 Å². The molecule has 2 heterocycles. The maximum atomic E-state index is 11.0. The smallest absolute Gasteiger partial charge is 0.249 e. The third-order valence-corrected chi connectivity index (χ3v) is 3.46. The molecule has 21 heavy (non-hydrogen) atoms. The molecule has 0 spiro atoms. The largest absolute Gasteiger partial charge is 0.411 e. The van der Waals surface area contributed by atoms with Crippen LogP contribution in [0.25, 0.3) is 0 Å². The molecule has 7 nitrogen and oxygen atoms in total. The van der Waals surface area contributed by atoms with E-state index < -0.39 is 5.91 Å². The maximum absolute atomic E-state index is 11.0. The Morgan fingerprint density at radius 3 is 2.81 bits per heavy atom. The summed E-state index contributed by atoms with van der Waals surface area (Å²) in [6, 6.07) is 3.43. The van der Waals surface area contributed by atoms with Crippen molar-refractivity contribution in [3.8, 4) is 0 Å². The second-order valence-electron chi connectivity index (χ2n) is 4.92. The average Bonchev–Trinajstić information content (AvgIpc) is 2.81. The Hall–Kier alpha value is -2.57. The topological polar surface area (TPSA) is 86.0 Å². The summed E-state index contributed by atoms with van der Waals surface area (Å²) in [6.45, 7) is 1.66. The fraction of sp³-hybridized carbons (Fsp3) is 0.357. The minimum Gasteiger partial charge on any atom is -0.411 e. The zero-order valence-electron chi connectivity index (χ0n) is 12.0. The van der Waals surface area contributed by atoms with E-state index >= 15 is 0 Å². The van der Waals surface area contributed by atoms with E-state index in [1.54, 1.807) is 12.1 Å². The Bertz CT molecular complexity index is 541. The SMILES string of the molecule is CN1C=CN(CCC[n+]2ccc(C(N)=O)cc2)C1C=NO. The first kappa shape index (κ1) is 14.8. The molecule has 0 saturated carbocycles. The summed E-state index contributed by atoms with van der Waals surface area (Å²) in [5.74, 6) is -0.418. The highest BCUT2D eigenvalue weighted by Crippen LogP contribution is 2.12. The highest BCUT2D eigenvalue weighted by atomic mass is 16.4. The number of rotatable bonds is 6. The zero-order valence-corrected chi connectivity index (χ0v) is 12.0. The number of aromatic nitrogens is 1. The van der Waals surface area contributed by atoms with Crippen molar-refractivity contribution in [3.63, 3.8) is 0 Å². The van der Waals surface area contributed by atoms with Gasteiger partial charge in [-0.2, -0.15) is 0 Å². The first-order chi connectivity index (χ1) is 10.1. The van der Waals surface area contributed by atoms with Gasteiger partial charge in [0.1, 0.15) is 12.7 Å². The molecule has 3 N–H and O–H groups in total. The molecule has 0 fully saturated rings. The second kappa shape index (κ2) is 6.74. The molecule has 0 aromatic carbocycles. The number of hydrogen-bond acceptors (Lipinski definition) is 5. The van der Waals surface area contributed by atoms with Crippen LogP contribution in [0.5, 0.6) is 0 Å². The molecule has 1 atom stereocenters. The van der Waals surface area contributed by atoms with E-state index in [1.807, 2.05) is 41.3 Å². The normalized spacial score (nSPS) is 17.9. The van der Waals surface area contributed by atoms with E-state index in [1.165, 1.54) is 6.21 Å². The Kier molecular flexibility index (Phi) is 4.76. The van der Waals surface area contributed by atoms with Gasteiger partial charge in [0.15, 0.2) is 12.4 Å². The summed E-state index contributed by atoms with van der Waals surface area (Å²) in [6.07, 6.45) is 9.99. The van der Waals surface area contributed by atoms with Crippen molar-refractivity contribution in [2.75, 3.05) is 13.6 Å². The lowest BCUT2D eigenvalue weighted by atomic mass is 10.2. The van der Waals surface area contributed by atoms with Gasteiger partial charge < -0.3 is 20.7 Å². The third-order valence-electron chi connectivity index (χ3n) is 3.46. The first-order valence-electron chi connectivity index (χ1n) is 6.74. The Morgan fingerprint density at radius 2 is 2.19 bits per heavy atom. The lowest BCUT2D eigenvalue weighted by Gasteiger charge is -2.26. The molecule has 1 aromatic heterocycles. The molecule has 1 amide bonds. The number of carbonyl (C=O) groups excluding carboxylic acids is 1. The highest BCUT2D eigenvalue weighted by Gasteiger charge is 2.21. The van der Waals surface area contributed by atoms with E-state index in [9.17, 15) is 4.79 Å². The summed E-state index contributed by atoms with van der Waals surface area (Å²) in [5.41, 5.74) is 5.71. The Labute approximate surface area is 123 Å². The monoisotopic (exact) mass is 290 g/mol. The van der Waals surface area contributed by atoms with Crippen molar-refractivity contribution in [2.24, 2.45) is 10.9 Å². The van der Waals surface area contributed by atoms with Gasteiger partial charge in [0.2, 0.25) is 5.91 Å². The van der Waals surface area contributed by atoms with E-state index in [-0.39, 0.29) is 6.17 Å². The molecule has 0 bridgehead atoms. The molecule has 1 unspecified atom stereocenters. The van der Waals surface area contributed by atoms with Crippen LogP contribution in [-0.4, -0.2) is 46.9 Å². The third kappa shape index (κ3) is 3.71. The summed E-state index contributed by atoms with van der Waals surface area (Å²) in [4.78, 5) is 15.1. The Balaban J connectivity index is 1.84. The van der Waals surface area contributed by atoms with Gasteiger partial charge in [-0.25, -0.2) is 4.57 Å². The number of nitrogens with zero attached hydrogens (tertiary/aromatic N) is 4. The van der Waals surface area contributed by atoms with Crippen molar-refractivity contribution in [1.82, 2.24) is 9.80 Å². The van der Waals surface area contributed by atoms with Crippen LogP contribution in [0.1, 0.15) is 16.8 Å². The van der Waals surface area contributed by atoms with Crippen LogP contribution >= 0.6 is 0 Å². The number of carbonyl (C=O) groups is 1. The molecule has 0 saturated heterocycles. The fourth-order valence-corrected chi connectivity index (χ4v) is 2.26. The molecule has 0 aliphatic carbocycles. The van der Waals surface area contributed by atoms with E-state index in [0.717, 1.165) is 19.5 Å². The fourth-order valence-electron chi connectivity index (χ4n) is 2.26. The second-order valence-corrected chi connectivity index (χ2v) is 4.92. The average molecular weight is 290 g/mol. The maximum Gasteiger partial charge on any atom is 0.249 e. The summed E-state index contributed by atoms with van der Waals surface area (Å²) < 4.78 is 2.01. The number of aryl methyl sites for hydroxylation is 1. The lowest BCUT2D eigenvalue weighted by Crippen LogP contribution is -2.40. The molecule has 1 aromatic rings. The molecule has 1 aliphatic heterocycles. The van der Waals surface area contributed by atoms with Gasteiger partial charge in [-0.3, -0.25) is 4.79 Å². The minimum atomic E-state index is -0.418. The summed E-state index contributed by atoms with van der Waals surface area (Å²) in [5, 5.41) is 11.8. The van der Waals surface area contributed by atoms with Crippen LogP contribution in [0, 0.1) is 0 Å². The van der Waals surface area contributed by atoms with Crippen LogP contribution in [0.3, 0.4) is 0 Å². The lowest BCUT2D eigenvalue weighted by molar-refractivity contribution is -0.697. The standard InChI is InChI=1S/C14H19N5O2/c1-17-9-10-19(13(17)11-16-21)6-2-5-18-7-3-12(4-8-18)14(15)20/h3-4,7-11,13H,2,5-6H2,1H3,(H2-,15,20,21)/p+1. The van der Waals surface area contributed by atoms with Crippen molar-refractivity contribution in [2.45, 2.75) is 19.1 Å². The molecule has 0 radical (unpaired) electrons. The van der Waals surface area contributed by atoms with Gasteiger partial charge in [-0.05, 0) is 0 Å². The highest BCUT2D eigenvalue weighted by molar-refractivity contribution is 5.92. The zero-order chi connectivity index (χ0) is 15.2. The Morgan fingerprint density at radius 1 is 1.48 bits per heavy atom. The van der Waals surface area contributed by atoms with E-state index in [2.05, 4.69) is 10.1 Å². The van der Waals surface area contributed by atoms with Crippen LogP contribution in [0.4, 0.5) is 0 Å². The van der Waals surface area contributed by atoms with Crippen LogP contribution in [-0.2, 0) is 6.54 Å². The minimum absolute atomic E-state index is 0.0442. The number of amides is 1. The molecular formula is C14H20N5O2+. The van der Waals surface area contributed by atoms with Gasteiger partial charge in [0, 0.05) is 44.5 Å². The predicted octanol–water partition coefficient (Wildman–Crippen LogP) is -0.0322. The number of primary amides is 1. The number of nitrogens with two attached hydrogens (primary N) is 1. The molecular weight excluding hydrogens is 270 g/mol. The quantitative estimate of drug-likeness (QED) is 0.333. The molecule has 7 heteroatoms. The van der Waals surface area contributed by atoms with Gasteiger partial charge in [0.25, 0.3) is 0 Å². The van der Waals surface area contributed by atoms with Gasteiger partial charge >= 0.3 is 0 Å². The van der Waals surface area contributed by atoms with E-state index in [4.69, 9.17) is 10.9 Å². The molecule has 1 aliphatic rings. The number of pyridine rings is 1. The van der Waals surface area contributed by atoms with Gasteiger partial charge in [-0.1, -0.05) is 5.16 Å². The van der Waals surface area contributed by atoms with Crippen molar-refractivity contribution in [1.29, 1.82) is 0 Å². The molecule has 2 rings (SSSR count). The van der Waals surface area contributed by atoms with Crippen LogP contribution in [0.15, 0.2) is 42.1 Å². The predicted molar refractivity (Wildman–Crippen MR) is 77.4 cm³/mol.